The molecule has 1 fully saturated rings. The van der Waals surface area contributed by atoms with Crippen molar-refractivity contribution in [1.82, 2.24) is 4.90 Å². The Morgan fingerprint density at radius 3 is 2.88 bits per heavy atom. The van der Waals surface area contributed by atoms with E-state index >= 15 is 0 Å². The zero-order chi connectivity index (χ0) is 11.0. The van der Waals surface area contributed by atoms with Crippen molar-refractivity contribution in [3.63, 3.8) is 0 Å². The van der Waals surface area contributed by atoms with Gasteiger partial charge in [-0.15, -0.1) is 0 Å². The quantitative estimate of drug-likeness (QED) is 0.807. The number of nitrogens with one attached hydrogen (secondary N) is 1. The van der Waals surface area contributed by atoms with E-state index in [0.29, 0.717) is 6.04 Å². The van der Waals surface area contributed by atoms with Crippen molar-refractivity contribution in [2.45, 2.75) is 25.3 Å². The van der Waals surface area contributed by atoms with Gasteiger partial charge in [-0.25, -0.2) is 0 Å². The summed E-state index contributed by atoms with van der Waals surface area (Å²) in [7, 11) is 0. The predicted octanol–water partition coefficient (Wildman–Crippen LogP) is 2.77. The Morgan fingerprint density at radius 1 is 1.25 bits per heavy atom. The lowest BCUT2D eigenvalue weighted by Gasteiger charge is -2.33. The SMILES string of the molecule is Clc1cccc2c1CC(N1CCCC1)CN2. The van der Waals surface area contributed by atoms with E-state index in [9.17, 15) is 0 Å². The third-order valence-corrected chi connectivity index (χ3v) is 4.10. The molecule has 16 heavy (non-hydrogen) atoms. The highest BCUT2D eigenvalue weighted by molar-refractivity contribution is 6.31. The second-order valence-electron chi connectivity index (χ2n) is 4.75. The fourth-order valence-electron chi connectivity index (χ4n) is 2.83. The molecule has 0 bridgehead atoms. The van der Waals surface area contributed by atoms with E-state index in [-0.39, 0.29) is 0 Å². The van der Waals surface area contributed by atoms with Gasteiger partial charge in [-0.1, -0.05) is 17.7 Å². The van der Waals surface area contributed by atoms with Crippen molar-refractivity contribution in [3.8, 4) is 0 Å². The topological polar surface area (TPSA) is 15.3 Å². The van der Waals surface area contributed by atoms with Crippen LogP contribution in [0.25, 0.3) is 0 Å². The molecule has 86 valence electrons. The maximum Gasteiger partial charge on any atom is 0.0459 e. The molecular formula is C13H17ClN2. The van der Waals surface area contributed by atoms with E-state index in [1.165, 1.54) is 37.2 Å². The van der Waals surface area contributed by atoms with Gasteiger partial charge in [-0.2, -0.15) is 0 Å². The molecule has 2 aliphatic rings. The number of halogens is 1. The molecule has 0 aliphatic carbocycles. The third-order valence-electron chi connectivity index (χ3n) is 3.74. The van der Waals surface area contributed by atoms with Gasteiger partial charge in [-0.3, -0.25) is 4.90 Å². The van der Waals surface area contributed by atoms with Crippen LogP contribution < -0.4 is 5.32 Å². The molecule has 0 aromatic heterocycles. The highest BCUT2D eigenvalue weighted by Crippen LogP contribution is 2.30. The molecule has 2 nitrogen and oxygen atoms in total. The summed E-state index contributed by atoms with van der Waals surface area (Å²) >= 11 is 6.26. The van der Waals surface area contributed by atoms with Crippen molar-refractivity contribution >= 4 is 17.3 Å². The molecule has 3 heteroatoms. The molecule has 0 amide bonds. The van der Waals surface area contributed by atoms with Crippen molar-refractivity contribution in [2.24, 2.45) is 0 Å². The Labute approximate surface area is 102 Å². The Bertz CT molecular complexity index is 386. The maximum atomic E-state index is 6.26. The second kappa shape index (κ2) is 4.27. The summed E-state index contributed by atoms with van der Waals surface area (Å²) in [5.74, 6) is 0. The smallest absolute Gasteiger partial charge is 0.0459 e. The molecule has 1 unspecified atom stereocenters. The van der Waals surface area contributed by atoms with Crippen LogP contribution in [0.1, 0.15) is 18.4 Å². The van der Waals surface area contributed by atoms with Gasteiger partial charge in [0.1, 0.15) is 0 Å². The predicted molar refractivity (Wildman–Crippen MR) is 68.2 cm³/mol. The van der Waals surface area contributed by atoms with E-state index in [4.69, 9.17) is 11.6 Å². The molecule has 1 atom stereocenters. The van der Waals surface area contributed by atoms with Gasteiger partial charge in [0.05, 0.1) is 0 Å². The lowest BCUT2D eigenvalue weighted by Crippen LogP contribution is -2.42. The summed E-state index contributed by atoms with van der Waals surface area (Å²) < 4.78 is 0. The summed E-state index contributed by atoms with van der Waals surface area (Å²) in [6.45, 7) is 3.58. The number of hydrogen-bond donors (Lipinski definition) is 1. The van der Waals surface area contributed by atoms with Crippen LogP contribution in [0, 0.1) is 0 Å². The molecule has 1 N–H and O–H groups in total. The lowest BCUT2D eigenvalue weighted by molar-refractivity contribution is 0.247. The average Bonchev–Trinajstić information content (AvgIpc) is 2.83. The first-order valence-electron chi connectivity index (χ1n) is 6.10. The van der Waals surface area contributed by atoms with Gasteiger partial charge in [-0.05, 0) is 50.0 Å². The Hall–Kier alpha value is -0.730. The van der Waals surface area contributed by atoms with Crippen LogP contribution in [0.15, 0.2) is 18.2 Å². The highest BCUT2D eigenvalue weighted by atomic mass is 35.5. The first-order valence-corrected chi connectivity index (χ1v) is 6.48. The number of benzene rings is 1. The fourth-order valence-corrected chi connectivity index (χ4v) is 3.08. The van der Waals surface area contributed by atoms with Gasteiger partial charge in [0.15, 0.2) is 0 Å². The van der Waals surface area contributed by atoms with E-state index in [2.05, 4.69) is 16.3 Å². The van der Waals surface area contributed by atoms with Crippen molar-refractivity contribution in [2.75, 3.05) is 25.0 Å². The second-order valence-corrected chi connectivity index (χ2v) is 5.16. The molecule has 0 spiro atoms. The number of rotatable bonds is 1. The minimum absolute atomic E-state index is 0.634. The molecular weight excluding hydrogens is 220 g/mol. The molecule has 1 aromatic carbocycles. The molecule has 1 aromatic rings. The zero-order valence-corrected chi connectivity index (χ0v) is 10.1. The van der Waals surface area contributed by atoms with Crippen molar-refractivity contribution in [1.29, 1.82) is 0 Å². The summed E-state index contributed by atoms with van der Waals surface area (Å²) in [5.41, 5.74) is 2.52. The standard InChI is InChI=1S/C13H17ClN2/c14-12-4-3-5-13-11(12)8-10(9-15-13)16-6-1-2-7-16/h3-5,10,15H,1-2,6-9H2. The Balaban J connectivity index is 1.82. The van der Waals surface area contributed by atoms with Crippen LogP contribution in [0.5, 0.6) is 0 Å². The van der Waals surface area contributed by atoms with Crippen LogP contribution >= 0.6 is 11.6 Å². The first kappa shape index (κ1) is 10.4. The Morgan fingerprint density at radius 2 is 2.06 bits per heavy atom. The highest BCUT2D eigenvalue weighted by Gasteiger charge is 2.26. The molecule has 0 radical (unpaired) electrons. The number of anilines is 1. The van der Waals surface area contributed by atoms with Crippen LogP contribution in [0.2, 0.25) is 5.02 Å². The first-order chi connectivity index (χ1) is 7.84. The summed E-state index contributed by atoms with van der Waals surface area (Å²) in [5, 5.41) is 4.42. The van der Waals surface area contributed by atoms with Crippen LogP contribution in [-0.2, 0) is 6.42 Å². The molecule has 3 rings (SSSR count). The average molecular weight is 237 g/mol. The fraction of sp³-hybridized carbons (Fsp3) is 0.538. The number of nitrogens with zero attached hydrogens (tertiary/aromatic N) is 1. The molecule has 0 saturated carbocycles. The number of likely N-dealkylation sites (tertiary alicyclic amines) is 1. The van der Waals surface area contributed by atoms with Crippen molar-refractivity contribution in [3.05, 3.63) is 28.8 Å². The maximum absolute atomic E-state index is 6.26. The van der Waals surface area contributed by atoms with E-state index in [0.717, 1.165) is 18.0 Å². The summed E-state index contributed by atoms with van der Waals surface area (Å²) in [6, 6.07) is 6.77. The Kier molecular flexibility index (Phi) is 2.78. The number of fused-ring (bicyclic) bond motifs is 1. The lowest BCUT2D eigenvalue weighted by atomic mass is 9.98. The monoisotopic (exact) mass is 236 g/mol. The van der Waals surface area contributed by atoms with E-state index < -0.39 is 0 Å². The van der Waals surface area contributed by atoms with Crippen LogP contribution in [0.3, 0.4) is 0 Å². The third kappa shape index (κ3) is 1.80. The van der Waals surface area contributed by atoms with Crippen molar-refractivity contribution < 1.29 is 0 Å². The van der Waals surface area contributed by atoms with Crippen LogP contribution in [-0.4, -0.2) is 30.6 Å². The van der Waals surface area contributed by atoms with Gasteiger partial charge < -0.3 is 5.32 Å². The summed E-state index contributed by atoms with van der Waals surface area (Å²) in [4.78, 5) is 2.60. The van der Waals surface area contributed by atoms with Crippen LogP contribution in [0.4, 0.5) is 5.69 Å². The van der Waals surface area contributed by atoms with Gasteiger partial charge in [0.25, 0.3) is 0 Å². The van der Waals surface area contributed by atoms with Gasteiger partial charge in [0.2, 0.25) is 0 Å². The zero-order valence-electron chi connectivity index (χ0n) is 9.38. The largest absolute Gasteiger partial charge is 0.383 e. The van der Waals surface area contributed by atoms with E-state index in [1.54, 1.807) is 0 Å². The minimum atomic E-state index is 0.634. The normalized spacial score (nSPS) is 25.2. The molecule has 1 saturated heterocycles. The minimum Gasteiger partial charge on any atom is -0.383 e. The number of hydrogen-bond acceptors (Lipinski definition) is 2. The van der Waals surface area contributed by atoms with E-state index in [1.807, 2.05) is 12.1 Å². The molecule has 2 heterocycles. The van der Waals surface area contributed by atoms with Gasteiger partial charge >= 0.3 is 0 Å². The van der Waals surface area contributed by atoms with Gasteiger partial charge in [0, 0.05) is 23.3 Å². The molecule has 2 aliphatic heterocycles. The summed E-state index contributed by atoms with van der Waals surface area (Å²) in [6.07, 6.45) is 3.81.